The molecule has 5 rings (SSSR count). The molecule has 0 radical (unpaired) electrons. The highest BCUT2D eigenvalue weighted by molar-refractivity contribution is 6.46. The molecular weight excluding hydrogens is 510 g/mol. The van der Waals surface area contributed by atoms with Gasteiger partial charge in [0.05, 0.1) is 23.6 Å². The average Bonchev–Trinajstić information content (AvgIpc) is 3.44. The van der Waals surface area contributed by atoms with Gasteiger partial charge in [-0.3, -0.25) is 19.7 Å². The van der Waals surface area contributed by atoms with Gasteiger partial charge in [0, 0.05) is 46.4 Å². The van der Waals surface area contributed by atoms with E-state index < -0.39 is 28.4 Å². The molecule has 38 heavy (non-hydrogen) atoms. The van der Waals surface area contributed by atoms with Crippen molar-refractivity contribution in [2.75, 3.05) is 13.7 Å². The van der Waals surface area contributed by atoms with Gasteiger partial charge >= 0.3 is 0 Å². The zero-order chi connectivity index (χ0) is 27.0. The number of H-pyrrole nitrogens is 1. The van der Waals surface area contributed by atoms with Crippen molar-refractivity contribution in [3.05, 3.63) is 110 Å². The number of aromatic amines is 1. The number of hydrogen-bond donors (Lipinski definition) is 2. The van der Waals surface area contributed by atoms with Crippen molar-refractivity contribution in [3.63, 3.8) is 0 Å². The molecule has 0 aliphatic carbocycles. The number of nitro benzene ring substituents is 1. The van der Waals surface area contributed by atoms with E-state index in [4.69, 9.17) is 16.3 Å². The summed E-state index contributed by atoms with van der Waals surface area (Å²) in [5.74, 6) is -1.42. The van der Waals surface area contributed by atoms with E-state index in [1.54, 1.807) is 31.4 Å². The van der Waals surface area contributed by atoms with Crippen molar-refractivity contribution in [1.82, 2.24) is 9.88 Å². The minimum Gasteiger partial charge on any atom is -0.507 e. The third-order valence-electron chi connectivity index (χ3n) is 6.65. The highest BCUT2D eigenvalue weighted by Gasteiger charge is 2.46. The number of hydrogen-bond acceptors (Lipinski definition) is 6. The van der Waals surface area contributed by atoms with Gasteiger partial charge in [-0.25, -0.2) is 0 Å². The van der Waals surface area contributed by atoms with E-state index in [2.05, 4.69) is 4.98 Å². The monoisotopic (exact) mass is 531 g/mol. The van der Waals surface area contributed by atoms with E-state index >= 15 is 0 Å². The van der Waals surface area contributed by atoms with Gasteiger partial charge in [-0.1, -0.05) is 35.9 Å². The zero-order valence-electron chi connectivity index (χ0n) is 20.2. The number of aliphatic hydroxyl groups excluding tert-OH is 1. The Morgan fingerprint density at radius 3 is 2.61 bits per heavy atom. The Balaban J connectivity index is 1.56. The molecule has 3 aromatic carbocycles. The molecule has 2 heterocycles. The van der Waals surface area contributed by atoms with Crippen LogP contribution in [0.25, 0.3) is 16.7 Å². The van der Waals surface area contributed by atoms with Crippen molar-refractivity contribution >= 4 is 45.6 Å². The number of nitro groups is 1. The summed E-state index contributed by atoms with van der Waals surface area (Å²) in [7, 11) is 1.58. The van der Waals surface area contributed by atoms with Crippen LogP contribution >= 0.6 is 11.6 Å². The van der Waals surface area contributed by atoms with Gasteiger partial charge in [0.2, 0.25) is 0 Å². The predicted molar refractivity (Wildman–Crippen MR) is 142 cm³/mol. The van der Waals surface area contributed by atoms with E-state index in [1.807, 2.05) is 24.4 Å². The van der Waals surface area contributed by atoms with Crippen LogP contribution in [0.15, 0.2) is 78.5 Å². The molecule has 1 aliphatic rings. The number of rotatable bonds is 7. The molecule has 0 bridgehead atoms. The molecule has 192 valence electrons. The number of carbonyl (C=O) groups is 2. The van der Waals surface area contributed by atoms with Gasteiger partial charge in [-0.2, -0.15) is 0 Å². The number of nitrogens with one attached hydrogen (secondary N) is 1. The van der Waals surface area contributed by atoms with E-state index in [0.717, 1.165) is 16.5 Å². The molecule has 1 aliphatic heterocycles. The maximum atomic E-state index is 13.3. The third-order valence-corrected chi connectivity index (χ3v) is 6.90. The number of fused-ring (bicyclic) bond motifs is 1. The quantitative estimate of drug-likeness (QED) is 0.108. The summed E-state index contributed by atoms with van der Waals surface area (Å²) in [4.78, 5) is 41.8. The Kier molecular flexibility index (Phi) is 6.61. The van der Waals surface area contributed by atoms with Crippen LogP contribution in [0.3, 0.4) is 0 Å². The molecule has 0 spiro atoms. The van der Waals surface area contributed by atoms with Crippen LogP contribution in [-0.4, -0.2) is 45.3 Å². The Hall–Kier alpha value is -4.63. The molecule has 1 fully saturated rings. The van der Waals surface area contributed by atoms with Crippen LogP contribution in [0, 0.1) is 10.1 Å². The molecule has 1 amide bonds. The number of non-ortho nitro benzene ring substituents is 1. The first-order valence-electron chi connectivity index (χ1n) is 11.7. The summed E-state index contributed by atoms with van der Waals surface area (Å²) in [5.41, 5.74) is 2.08. The van der Waals surface area contributed by atoms with Crippen molar-refractivity contribution in [2.45, 2.75) is 12.5 Å². The molecule has 0 saturated carbocycles. The van der Waals surface area contributed by atoms with Crippen LogP contribution in [0.1, 0.15) is 22.7 Å². The maximum Gasteiger partial charge on any atom is 0.295 e. The summed E-state index contributed by atoms with van der Waals surface area (Å²) in [5, 5.41) is 23.9. The number of ether oxygens (including phenoxy) is 1. The number of aliphatic hydroxyl groups is 1. The van der Waals surface area contributed by atoms with Crippen molar-refractivity contribution < 1.29 is 24.4 Å². The SMILES string of the molecule is COc1ccc2[nH]cc(CCN3C(=O)C(=O)C(=C(O)c4cccc([N+](=O)[O-])c4)[C@@H]3c3ccc(Cl)cc3)c2c1. The lowest BCUT2D eigenvalue weighted by Gasteiger charge is -2.25. The Labute approximate surface area is 222 Å². The summed E-state index contributed by atoms with van der Waals surface area (Å²) in [6.45, 7) is 0.174. The number of aromatic nitrogens is 1. The van der Waals surface area contributed by atoms with E-state index in [1.165, 1.54) is 29.2 Å². The molecule has 1 saturated heterocycles. The lowest BCUT2D eigenvalue weighted by molar-refractivity contribution is -0.384. The van der Waals surface area contributed by atoms with E-state index in [0.29, 0.717) is 22.8 Å². The average molecular weight is 532 g/mol. The van der Waals surface area contributed by atoms with Crippen molar-refractivity contribution in [2.24, 2.45) is 0 Å². The van der Waals surface area contributed by atoms with Gasteiger partial charge in [-0.05, 0) is 47.9 Å². The third kappa shape index (κ3) is 4.48. The number of carbonyl (C=O) groups excluding carboxylic acids is 2. The first-order valence-corrected chi connectivity index (χ1v) is 12.1. The van der Waals surface area contributed by atoms with E-state index in [-0.39, 0.29) is 23.4 Å². The second kappa shape index (κ2) is 10.0. The van der Waals surface area contributed by atoms with Gasteiger partial charge in [0.1, 0.15) is 11.5 Å². The fourth-order valence-electron chi connectivity index (χ4n) is 4.76. The summed E-state index contributed by atoms with van der Waals surface area (Å²) < 4.78 is 5.34. The highest BCUT2D eigenvalue weighted by atomic mass is 35.5. The van der Waals surface area contributed by atoms with Crippen LogP contribution in [0.4, 0.5) is 5.69 Å². The Bertz CT molecular complexity index is 1610. The smallest absolute Gasteiger partial charge is 0.295 e. The number of ketones is 1. The van der Waals surface area contributed by atoms with Gasteiger partial charge in [0.25, 0.3) is 17.4 Å². The second-order valence-electron chi connectivity index (χ2n) is 8.83. The minimum atomic E-state index is -0.911. The first-order chi connectivity index (χ1) is 18.3. The summed E-state index contributed by atoms with van der Waals surface area (Å²) in [6, 6.07) is 16.7. The van der Waals surface area contributed by atoms with Crippen molar-refractivity contribution in [1.29, 1.82) is 0 Å². The molecular formula is C28H22ClN3O6. The number of nitrogens with zero attached hydrogens (tertiary/aromatic N) is 2. The fourth-order valence-corrected chi connectivity index (χ4v) is 4.88. The number of Topliss-reactive ketones (excluding diaryl/α,β-unsaturated/α-hetero) is 1. The first kappa shape index (κ1) is 25.0. The highest BCUT2D eigenvalue weighted by Crippen LogP contribution is 2.40. The number of methoxy groups -OCH3 is 1. The number of amides is 1. The normalized spacial score (nSPS) is 16.8. The molecule has 1 atom stereocenters. The standard InChI is InChI=1S/C28H22ClN3O6/c1-38-21-9-10-23-22(14-21)18(15-30-23)11-12-31-25(16-5-7-19(29)8-6-16)24(27(34)28(31)35)26(33)17-3-2-4-20(13-17)32(36)37/h2-10,13-15,25,30,33H,11-12H2,1H3/t25-/m0/s1. The van der Waals surface area contributed by atoms with Crippen LogP contribution in [0.5, 0.6) is 5.75 Å². The molecule has 10 heteroatoms. The number of halogens is 1. The minimum absolute atomic E-state index is 0.0693. The number of benzene rings is 3. The summed E-state index contributed by atoms with van der Waals surface area (Å²) >= 11 is 6.08. The van der Waals surface area contributed by atoms with Crippen LogP contribution < -0.4 is 4.74 Å². The second-order valence-corrected chi connectivity index (χ2v) is 9.26. The molecule has 2 N–H and O–H groups in total. The van der Waals surface area contributed by atoms with Crippen LogP contribution in [0.2, 0.25) is 5.02 Å². The molecule has 9 nitrogen and oxygen atoms in total. The fraction of sp³-hybridized carbons (Fsp3) is 0.143. The topological polar surface area (TPSA) is 126 Å². The van der Waals surface area contributed by atoms with Gasteiger partial charge < -0.3 is 19.7 Å². The van der Waals surface area contributed by atoms with Crippen molar-refractivity contribution in [3.8, 4) is 5.75 Å². The van der Waals surface area contributed by atoms with Gasteiger partial charge in [0.15, 0.2) is 0 Å². The van der Waals surface area contributed by atoms with E-state index in [9.17, 15) is 24.8 Å². The lowest BCUT2D eigenvalue weighted by Crippen LogP contribution is -2.31. The lowest BCUT2D eigenvalue weighted by atomic mass is 9.95. The number of likely N-dealkylation sites (tertiary alicyclic amines) is 1. The Morgan fingerprint density at radius 2 is 1.89 bits per heavy atom. The molecule has 4 aromatic rings. The largest absolute Gasteiger partial charge is 0.507 e. The predicted octanol–water partition coefficient (Wildman–Crippen LogP) is 5.40. The van der Waals surface area contributed by atoms with Crippen LogP contribution in [-0.2, 0) is 16.0 Å². The van der Waals surface area contributed by atoms with Gasteiger partial charge in [-0.15, -0.1) is 0 Å². The molecule has 1 aromatic heterocycles. The zero-order valence-corrected chi connectivity index (χ0v) is 20.9. The maximum absolute atomic E-state index is 13.3. The molecule has 0 unspecified atom stereocenters. The Morgan fingerprint density at radius 1 is 1.13 bits per heavy atom. The summed E-state index contributed by atoms with van der Waals surface area (Å²) in [6.07, 6.45) is 2.27.